The topological polar surface area (TPSA) is 46.3 Å². The Balaban J connectivity index is 2.30. The van der Waals surface area contributed by atoms with E-state index in [1.54, 1.807) is 12.2 Å². The van der Waals surface area contributed by atoms with Crippen molar-refractivity contribution in [2.24, 2.45) is 0 Å². The average molecular weight is 215 g/mol. The van der Waals surface area contributed by atoms with Crippen LogP contribution in [0.1, 0.15) is 23.8 Å². The van der Waals surface area contributed by atoms with E-state index < -0.39 is 0 Å². The molecular weight excluding hydrogens is 202 g/mol. The van der Waals surface area contributed by atoms with Crippen molar-refractivity contribution < 1.29 is 9.52 Å². The van der Waals surface area contributed by atoms with Crippen molar-refractivity contribution in [1.82, 2.24) is 4.98 Å². The third kappa shape index (κ3) is 2.14. The zero-order chi connectivity index (χ0) is 11.4. The molecule has 0 aromatic carbocycles. The van der Waals surface area contributed by atoms with Crippen LogP contribution in [0, 0.1) is 6.92 Å². The number of aryl methyl sites for hydroxylation is 1. The van der Waals surface area contributed by atoms with Gasteiger partial charge in [0.1, 0.15) is 5.69 Å². The van der Waals surface area contributed by atoms with E-state index in [2.05, 4.69) is 11.1 Å². The first-order chi connectivity index (χ1) is 7.81. The molecular formula is C13H13NO2. The van der Waals surface area contributed by atoms with E-state index in [1.807, 2.05) is 19.1 Å². The zero-order valence-corrected chi connectivity index (χ0v) is 9.05. The summed E-state index contributed by atoms with van der Waals surface area (Å²) in [5, 5.41) is 8.53. The Labute approximate surface area is 94.1 Å². The number of oxazole rings is 1. The second kappa shape index (κ2) is 4.66. The zero-order valence-electron chi connectivity index (χ0n) is 9.05. The van der Waals surface area contributed by atoms with Crippen molar-refractivity contribution >= 4 is 11.6 Å². The molecule has 0 spiro atoms. The first-order valence-corrected chi connectivity index (χ1v) is 5.12. The number of aromatic nitrogens is 1. The van der Waals surface area contributed by atoms with E-state index in [4.69, 9.17) is 9.52 Å². The SMILES string of the molecule is Cc1nc(C2=CC=CC2)c(/C=C/C=C\O)o1. The van der Waals surface area contributed by atoms with Crippen molar-refractivity contribution in [1.29, 1.82) is 0 Å². The molecule has 3 heteroatoms. The summed E-state index contributed by atoms with van der Waals surface area (Å²) in [6.07, 6.45) is 13.0. The van der Waals surface area contributed by atoms with Gasteiger partial charge in [0, 0.05) is 6.92 Å². The van der Waals surface area contributed by atoms with Crippen molar-refractivity contribution in [2.75, 3.05) is 0 Å². The lowest BCUT2D eigenvalue weighted by Crippen LogP contribution is -1.84. The van der Waals surface area contributed by atoms with Gasteiger partial charge in [-0.2, -0.15) is 0 Å². The number of hydrogen-bond donors (Lipinski definition) is 1. The predicted octanol–water partition coefficient (Wildman–Crippen LogP) is 3.41. The number of allylic oxidation sites excluding steroid dienone is 6. The van der Waals surface area contributed by atoms with Gasteiger partial charge in [-0.25, -0.2) is 4.98 Å². The molecule has 0 bridgehead atoms. The Morgan fingerprint density at radius 2 is 2.31 bits per heavy atom. The molecule has 0 fully saturated rings. The van der Waals surface area contributed by atoms with E-state index in [-0.39, 0.29) is 0 Å². The van der Waals surface area contributed by atoms with E-state index in [0.29, 0.717) is 5.89 Å². The molecule has 1 N–H and O–H groups in total. The largest absolute Gasteiger partial charge is 0.516 e. The molecule has 0 saturated carbocycles. The standard InChI is InChI=1S/C13H13NO2/c1-10-14-13(11-6-2-3-7-11)12(16-10)8-4-5-9-15/h2-6,8-9,15H,7H2,1H3/b8-4+,9-5-. The van der Waals surface area contributed by atoms with Gasteiger partial charge in [0.15, 0.2) is 11.7 Å². The third-order valence-electron chi connectivity index (χ3n) is 2.28. The highest BCUT2D eigenvalue weighted by Gasteiger charge is 2.13. The summed E-state index contributed by atoms with van der Waals surface area (Å²) in [6.45, 7) is 1.83. The van der Waals surface area contributed by atoms with Crippen LogP contribution in [0.5, 0.6) is 0 Å². The Bertz CT molecular complexity index is 490. The van der Waals surface area contributed by atoms with Crippen LogP contribution in [0.4, 0.5) is 0 Å². The summed E-state index contributed by atoms with van der Waals surface area (Å²) in [4.78, 5) is 4.36. The minimum Gasteiger partial charge on any atom is -0.516 e. The number of aliphatic hydroxyl groups excluding tert-OH is 1. The highest BCUT2D eigenvalue weighted by Crippen LogP contribution is 2.26. The Kier molecular flexibility index (Phi) is 3.05. The first kappa shape index (κ1) is 10.5. The van der Waals surface area contributed by atoms with Crippen molar-refractivity contribution in [3.8, 4) is 0 Å². The molecule has 0 radical (unpaired) electrons. The van der Waals surface area contributed by atoms with Crippen molar-refractivity contribution in [3.63, 3.8) is 0 Å². The number of aliphatic hydroxyl groups is 1. The molecule has 2 rings (SSSR count). The maximum atomic E-state index is 8.53. The molecule has 1 aromatic rings. The van der Waals surface area contributed by atoms with Crippen LogP contribution in [-0.2, 0) is 0 Å². The van der Waals surface area contributed by atoms with Crippen LogP contribution < -0.4 is 0 Å². The predicted molar refractivity (Wildman–Crippen MR) is 63.8 cm³/mol. The highest BCUT2D eigenvalue weighted by molar-refractivity contribution is 5.73. The van der Waals surface area contributed by atoms with Gasteiger partial charge in [-0.15, -0.1) is 0 Å². The van der Waals surface area contributed by atoms with Gasteiger partial charge in [0.05, 0.1) is 6.26 Å². The number of hydrogen-bond acceptors (Lipinski definition) is 3. The summed E-state index contributed by atoms with van der Waals surface area (Å²) in [6, 6.07) is 0. The van der Waals surface area contributed by atoms with E-state index in [9.17, 15) is 0 Å². The smallest absolute Gasteiger partial charge is 0.192 e. The monoisotopic (exact) mass is 215 g/mol. The van der Waals surface area contributed by atoms with Crippen LogP contribution >= 0.6 is 0 Å². The average Bonchev–Trinajstić information content (AvgIpc) is 2.87. The maximum Gasteiger partial charge on any atom is 0.192 e. The van der Waals surface area contributed by atoms with Gasteiger partial charge in [0.2, 0.25) is 0 Å². The molecule has 0 unspecified atom stereocenters. The fraction of sp³-hybridized carbons (Fsp3) is 0.154. The van der Waals surface area contributed by atoms with E-state index in [1.165, 1.54) is 6.08 Å². The minimum absolute atomic E-state index is 0.649. The number of nitrogens with zero attached hydrogens (tertiary/aromatic N) is 1. The first-order valence-electron chi connectivity index (χ1n) is 5.12. The normalized spacial score (nSPS) is 15.4. The lowest BCUT2D eigenvalue weighted by molar-refractivity contribution is 0.474. The minimum atomic E-state index is 0.649. The lowest BCUT2D eigenvalue weighted by atomic mass is 10.1. The molecule has 0 atom stereocenters. The summed E-state index contributed by atoms with van der Waals surface area (Å²) in [5.41, 5.74) is 2.04. The molecule has 0 amide bonds. The van der Waals surface area contributed by atoms with E-state index >= 15 is 0 Å². The third-order valence-corrected chi connectivity index (χ3v) is 2.28. The molecule has 1 aliphatic rings. The molecule has 16 heavy (non-hydrogen) atoms. The Hall–Kier alpha value is -2.03. The van der Waals surface area contributed by atoms with Crippen LogP contribution in [0.25, 0.3) is 11.6 Å². The number of rotatable bonds is 3. The van der Waals surface area contributed by atoms with Gasteiger partial charge in [-0.05, 0) is 24.1 Å². The van der Waals surface area contributed by atoms with Gasteiger partial charge in [-0.1, -0.05) is 24.3 Å². The fourth-order valence-corrected chi connectivity index (χ4v) is 1.60. The fourth-order valence-electron chi connectivity index (χ4n) is 1.60. The molecule has 0 saturated heterocycles. The molecule has 3 nitrogen and oxygen atoms in total. The summed E-state index contributed by atoms with van der Waals surface area (Å²) in [7, 11) is 0. The Morgan fingerprint density at radius 3 is 3.00 bits per heavy atom. The molecule has 82 valence electrons. The molecule has 0 aliphatic heterocycles. The quantitative estimate of drug-likeness (QED) is 0.620. The van der Waals surface area contributed by atoms with Gasteiger partial charge in [0.25, 0.3) is 0 Å². The van der Waals surface area contributed by atoms with Crippen molar-refractivity contribution in [2.45, 2.75) is 13.3 Å². The summed E-state index contributed by atoms with van der Waals surface area (Å²) < 4.78 is 5.49. The Morgan fingerprint density at radius 1 is 1.44 bits per heavy atom. The van der Waals surface area contributed by atoms with Gasteiger partial charge in [-0.3, -0.25) is 0 Å². The molecule has 1 heterocycles. The summed E-state index contributed by atoms with van der Waals surface area (Å²) in [5.74, 6) is 1.38. The lowest BCUT2D eigenvalue weighted by Gasteiger charge is -1.96. The second-order valence-corrected chi connectivity index (χ2v) is 3.47. The second-order valence-electron chi connectivity index (χ2n) is 3.47. The van der Waals surface area contributed by atoms with Crippen molar-refractivity contribution in [3.05, 3.63) is 54.0 Å². The van der Waals surface area contributed by atoms with Gasteiger partial charge >= 0.3 is 0 Å². The maximum absolute atomic E-state index is 8.53. The van der Waals surface area contributed by atoms with Crippen LogP contribution in [0.2, 0.25) is 0 Å². The molecule has 1 aliphatic carbocycles. The van der Waals surface area contributed by atoms with Crippen LogP contribution in [-0.4, -0.2) is 10.1 Å². The highest BCUT2D eigenvalue weighted by atomic mass is 16.4. The van der Waals surface area contributed by atoms with Gasteiger partial charge < -0.3 is 9.52 Å². The van der Waals surface area contributed by atoms with E-state index in [0.717, 1.165) is 29.7 Å². The summed E-state index contributed by atoms with van der Waals surface area (Å²) >= 11 is 0. The van der Waals surface area contributed by atoms with Crippen LogP contribution in [0.15, 0.2) is 41.1 Å². The molecule has 1 aromatic heterocycles. The van der Waals surface area contributed by atoms with Crippen LogP contribution in [0.3, 0.4) is 0 Å².